The van der Waals surface area contributed by atoms with E-state index >= 15 is 0 Å². The highest BCUT2D eigenvalue weighted by Gasteiger charge is 2.16. The first kappa shape index (κ1) is 16.4. The maximum absolute atomic E-state index is 12.6. The van der Waals surface area contributed by atoms with Crippen LogP contribution < -0.4 is 5.32 Å². The number of aromatic nitrogens is 1. The van der Waals surface area contributed by atoms with Crippen LogP contribution >= 0.6 is 0 Å². The van der Waals surface area contributed by atoms with Crippen molar-refractivity contribution in [3.63, 3.8) is 0 Å². The lowest BCUT2D eigenvalue weighted by Crippen LogP contribution is -2.11. The second-order valence-corrected chi connectivity index (χ2v) is 6.71. The minimum atomic E-state index is -1.14. The SMILES string of the molecule is CCS(=O)c1ccccc1C(=O)Cc1cc(C)cnc1NC. The molecule has 116 valence electrons. The number of hydrogen-bond donors (Lipinski definition) is 1. The van der Waals surface area contributed by atoms with Crippen LogP contribution in [0.4, 0.5) is 5.82 Å². The molecular formula is C17H20N2O2S. The van der Waals surface area contributed by atoms with Crippen molar-refractivity contribution in [1.82, 2.24) is 4.98 Å². The highest BCUT2D eigenvalue weighted by molar-refractivity contribution is 7.85. The molecule has 0 saturated heterocycles. The molecule has 1 aromatic carbocycles. The Bertz CT molecular complexity index is 714. The average molecular weight is 316 g/mol. The quantitative estimate of drug-likeness (QED) is 0.832. The summed E-state index contributed by atoms with van der Waals surface area (Å²) >= 11 is 0. The molecule has 1 aromatic heterocycles. The second-order valence-electron chi connectivity index (χ2n) is 5.00. The van der Waals surface area contributed by atoms with E-state index < -0.39 is 10.8 Å². The standard InChI is InChI=1S/C17H20N2O2S/c1-4-22(21)16-8-6-5-7-14(16)15(20)10-13-9-12(2)11-19-17(13)18-3/h5-9,11H,4,10H2,1-3H3,(H,18,19). The topological polar surface area (TPSA) is 59.1 Å². The number of pyridine rings is 1. The summed E-state index contributed by atoms with van der Waals surface area (Å²) in [6.07, 6.45) is 2.00. The molecule has 5 heteroatoms. The van der Waals surface area contributed by atoms with Gasteiger partial charge in [0.05, 0.1) is 10.8 Å². The fourth-order valence-corrected chi connectivity index (χ4v) is 3.28. The summed E-state index contributed by atoms with van der Waals surface area (Å²) in [5.41, 5.74) is 2.39. The summed E-state index contributed by atoms with van der Waals surface area (Å²) in [6, 6.07) is 9.08. The first-order chi connectivity index (χ1) is 10.6. The number of benzene rings is 1. The second kappa shape index (κ2) is 7.31. The Labute approximate surface area is 133 Å². The number of ketones is 1. The van der Waals surface area contributed by atoms with Gasteiger partial charge in [-0.15, -0.1) is 0 Å². The van der Waals surface area contributed by atoms with Gasteiger partial charge in [-0.1, -0.05) is 31.2 Å². The highest BCUT2D eigenvalue weighted by Crippen LogP contribution is 2.20. The van der Waals surface area contributed by atoms with Gasteiger partial charge in [0.2, 0.25) is 0 Å². The van der Waals surface area contributed by atoms with Crippen molar-refractivity contribution in [2.45, 2.75) is 25.2 Å². The number of anilines is 1. The van der Waals surface area contributed by atoms with E-state index in [2.05, 4.69) is 10.3 Å². The third-order valence-corrected chi connectivity index (χ3v) is 4.76. The predicted octanol–water partition coefficient (Wildman–Crippen LogP) is 2.98. The normalized spacial score (nSPS) is 12.0. The first-order valence-electron chi connectivity index (χ1n) is 7.20. The Morgan fingerprint density at radius 1 is 1.32 bits per heavy atom. The van der Waals surface area contributed by atoms with Crippen LogP contribution in [0.3, 0.4) is 0 Å². The molecule has 2 aromatic rings. The van der Waals surface area contributed by atoms with E-state index in [1.165, 1.54) is 0 Å². The van der Waals surface area contributed by atoms with Gasteiger partial charge >= 0.3 is 0 Å². The number of carbonyl (C=O) groups is 1. The molecule has 22 heavy (non-hydrogen) atoms. The van der Waals surface area contributed by atoms with Gasteiger partial charge in [0, 0.05) is 41.4 Å². The van der Waals surface area contributed by atoms with Gasteiger partial charge < -0.3 is 5.32 Å². The molecule has 0 radical (unpaired) electrons. The fourth-order valence-electron chi connectivity index (χ4n) is 2.31. The van der Waals surface area contributed by atoms with Gasteiger partial charge in [-0.3, -0.25) is 9.00 Å². The summed E-state index contributed by atoms with van der Waals surface area (Å²) in [7, 11) is 0.639. The number of nitrogens with zero attached hydrogens (tertiary/aromatic N) is 1. The van der Waals surface area contributed by atoms with Gasteiger partial charge in [-0.25, -0.2) is 4.98 Å². The lowest BCUT2D eigenvalue weighted by molar-refractivity contribution is 0.0990. The zero-order valence-corrected chi connectivity index (χ0v) is 13.9. The first-order valence-corrected chi connectivity index (χ1v) is 8.52. The molecule has 1 heterocycles. The van der Waals surface area contributed by atoms with E-state index in [-0.39, 0.29) is 12.2 Å². The Kier molecular flexibility index (Phi) is 5.44. The van der Waals surface area contributed by atoms with Crippen LogP contribution in [0.25, 0.3) is 0 Å². The minimum Gasteiger partial charge on any atom is -0.373 e. The monoisotopic (exact) mass is 316 g/mol. The van der Waals surface area contributed by atoms with Crippen LogP contribution in [-0.4, -0.2) is 27.8 Å². The molecule has 0 aliphatic rings. The summed E-state index contributed by atoms with van der Waals surface area (Å²) in [4.78, 5) is 17.6. The summed E-state index contributed by atoms with van der Waals surface area (Å²) < 4.78 is 12.1. The van der Waals surface area contributed by atoms with E-state index in [1.54, 1.807) is 31.4 Å². The van der Waals surface area contributed by atoms with Crippen molar-refractivity contribution in [3.05, 3.63) is 53.2 Å². The Morgan fingerprint density at radius 3 is 2.73 bits per heavy atom. The molecule has 0 amide bonds. The lowest BCUT2D eigenvalue weighted by Gasteiger charge is -2.10. The molecule has 0 spiro atoms. The van der Waals surface area contributed by atoms with Gasteiger partial charge in [-0.2, -0.15) is 0 Å². The maximum atomic E-state index is 12.6. The molecule has 4 nitrogen and oxygen atoms in total. The molecule has 0 aliphatic carbocycles. The lowest BCUT2D eigenvalue weighted by atomic mass is 10.0. The zero-order chi connectivity index (χ0) is 16.1. The van der Waals surface area contributed by atoms with Crippen molar-refractivity contribution in [1.29, 1.82) is 0 Å². The number of aryl methyl sites for hydroxylation is 1. The number of rotatable bonds is 6. The van der Waals surface area contributed by atoms with Crippen molar-refractivity contribution in [3.8, 4) is 0 Å². The highest BCUT2D eigenvalue weighted by atomic mass is 32.2. The predicted molar refractivity (Wildman–Crippen MR) is 89.9 cm³/mol. The van der Waals surface area contributed by atoms with E-state index in [9.17, 15) is 9.00 Å². The Morgan fingerprint density at radius 2 is 2.05 bits per heavy atom. The van der Waals surface area contributed by atoms with Crippen molar-refractivity contribution >= 4 is 22.4 Å². The van der Waals surface area contributed by atoms with E-state index in [1.807, 2.05) is 26.0 Å². The van der Waals surface area contributed by atoms with E-state index in [0.29, 0.717) is 22.0 Å². The summed E-state index contributed by atoms with van der Waals surface area (Å²) in [6.45, 7) is 3.79. The molecule has 1 atom stereocenters. The maximum Gasteiger partial charge on any atom is 0.168 e. The molecule has 0 aliphatic heterocycles. The van der Waals surface area contributed by atoms with Crippen LogP contribution in [0.2, 0.25) is 0 Å². The van der Waals surface area contributed by atoms with Gasteiger partial charge in [0.25, 0.3) is 0 Å². The molecule has 2 rings (SSSR count). The van der Waals surface area contributed by atoms with E-state index in [4.69, 9.17) is 0 Å². The number of nitrogens with one attached hydrogen (secondary N) is 1. The average Bonchev–Trinajstić information content (AvgIpc) is 2.54. The number of carbonyl (C=O) groups excluding carboxylic acids is 1. The third kappa shape index (κ3) is 3.60. The van der Waals surface area contributed by atoms with Gasteiger partial charge in [-0.05, 0) is 18.6 Å². The van der Waals surface area contributed by atoms with Crippen molar-refractivity contribution in [2.24, 2.45) is 0 Å². The molecule has 1 N–H and O–H groups in total. The summed E-state index contributed by atoms with van der Waals surface area (Å²) in [5.74, 6) is 1.16. The van der Waals surface area contributed by atoms with Crippen molar-refractivity contribution < 1.29 is 9.00 Å². The van der Waals surface area contributed by atoms with Crippen LogP contribution in [0.1, 0.15) is 28.4 Å². The molecular weight excluding hydrogens is 296 g/mol. The molecule has 1 unspecified atom stereocenters. The van der Waals surface area contributed by atoms with Crippen molar-refractivity contribution in [2.75, 3.05) is 18.1 Å². The molecule has 0 bridgehead atoms. The van der Waals surface area contributed by atoms with Crippen LogP contribution in [0.5, 0.6) is 0 Å². The largest absolute Gasteiger partial charge is 0.373 e. The van der Waals surface area contributed by atoms with Crippen LogP contribution in [-0.2, 0) is 17.2 Å². The third-order valence-electron chi connectivity index (χ3n) is 3.39. The fraction of sp³-hybridized carbons (Fsp3) is 0.294. The van der Waals surface area contributed by atoms with Gasteiger partial charge in [0.1, 0.15) is 5.82 Å². The molecule has 0 fully saturated rings. The smallest absolute Gasteiger partial charge is 0.168 e. The summed E-state index contributed by atoms with van der Waals surface area (Å²) in [5, 5.41) is 3.00. The number of hydrogen-bond acceptors (Lipinski definition) is 4. The van der Waals surface area contributed by atoms with Crippen LogP contribution in [0.15, 0.2) is 41.4 Å². The Hall–Kier alpha value is -2.01. The van der Waals surface area contributed by atoms with Gasteiger partial charge in [0.15, 0.2) is 5.78 Å². The Balaban J connectivity index is 2.34. The molecule has 0 saturated carbocycles. The zero-order valence-electron chi connectivity index (χ0n) is 13.1. The van der Waals surface area contributed by atoms with Crippen LogP contribution in [0, 0.1) is 6.92 Å². The minimum absolute atomic E-state index is 0.0405. The van der Waals surface area contributed by atoms with E-state index in [0.717, 1.165) is 11.1 Å². The number of Topliss-reactive ketones (excluding diaryl/α,β-unsaturated/α-hetero) is 1.